The minimum atomic E-state index is -0.618. The molecule has 0 spiro atoms. The van der Waals surface area contributed by atoms with E-state index in [0.29, 0.717) is 5.69 Å². The maximum Gasteiger partial charge on any atom is 0.286 e. The number of primary amides is 1. The predicted molar refractivity (Wildman–Crippen MR) is 56.0 cm³/mol. The molecule has 4 heteroatoms. The van der Waals surface area contributed by atoms with E-state index < -0.39 is 5.91 Å². The Morgan fingerprint density at radius 1 is 1.13 bits per heavy atom. The molecular formula is C11H9N3O. The topological polar surface area (TPSA) is 68.9 Å². The summed E-state index contributed by atoms with van der Waals surface area (Å²) in [4.78, 5) is 18.7. The number of carbonyl (C=O) groups excluding carboxylic acids is 1. The summed E-state index contributed by atoms with van der Waals surface area (Å²) in [6.45, 7) is 0. The van der Waals surface area contributed by atoms with Crippen molar-refractivity contribution in [3.63, 3.8) is 0 Å². The van der Waals surface area contributed by atoms with E-state index in [0.717, 1.165) is 5.56 Å². The van der Waals surface area contributed by atoms with Gasteiger partial charge in [-0.1, -0.05) is 30.3 Å². The van der Waals surface area contributed by atoms with E-state index in [1.54, 1.807) is 6.07 Å². The first kappa shape index (κ1) is 9.33. The zero-order chi connectivity index (χ0) is 10.7. The van der Waals surface area contributed by atoms with E-state index in [2.05, 4.69) is 9.97 Å². The van der Waals surface area contributed by atoms with E-state index >= 15 is 0 Å². The van der Waals surface area contributed by atoms with Gasteiger partial charge < -0.3 is 5.73 Å². The second kappa shape index (κ2) is 3.88. The predicted octanol–water partition coefficient (Wildman–Crippen LogP) is 1.24. The number of hydrogen-bond donors (Lipinski definition) is 1. The first-order chi connectivity index (χ1) is 7.27. The van der Waals surface area contributed by atoms with Crippen molar-refractivity contribution in [2.24, 2.45) is 5.73 Å². The molecule has 2 N–H and O–H groups in total. The van der Waals surface area contributed by atoms with Gasteiger partial charge in [0.1, 0.15) is 0 Å². The lowest BCUT2D eigenvalue weighted by Crippen LogP contribution is -2.15. The highest BCUT2D eigenvalue weighted by atomic mass is 16.1. The Labute approximate surface area is 86.8 Å². The van der Waals surface area contributed by atoms with Gasteiger partial charge in [-0.2, -0.15) is 0 Å². The molecule has 0 unspecified atom stereocenters. The molecular weight excluding hydrogens is 190 g/mol. The molecule has 0 saturated heterocycles. The Morgan fingerprint density at radius 2 is 1.87 bits per heavy atom. The highest BCUT2D eigenvalue weighted by Gasteiger charge is 2.05. The average molecular weight is 199 g/mol. The van der Waals surface area contributed by atoms with Crippen molar-refractivity contribution in [3.05, 3.63) is 48.4 Å². The molecule has 0 aliphatic rings. The van der Waals surface area contributed by atoms with Crippen molar-refractivity contribution < 1.29 is 4.79 Å². The summed E-state index contributed by atoms with van der Waals surface area (Å²) >= 11 is 0. The Morgan fingerprint density at radius 3 is 2.53 bits per heavy atom. The second-order valence-corrected chi connectivity index (χ2v) is 3.00. The summed E-state index contributed by atoms with van der Waals surface area (Å²) in [7, 11) is 0. The molecule has 2 rings (SSSR count). The zero-order valence-electron chi connectivity index (χ0n) is 7.92. The summed E-state index contributed by atoms with van der Waals surface area (Å²) in [6, 6.07) is 11.3. The van der Waals surface area contributed by atoms with Crippen LogP contribution in [0.2, 0.25) is 0 Å². The SMILES string of the molecule is NC(=O)c1nccc(-c2ccccc2)n1. The fourth-order valence-corrected chi connectivity index (χ4v) is 1.25. The van der Waals surface area contributed by atoms with Crippen molar-refractivity contribution in [3.8, 4) is 11.3 Å². The maximum absolute atomic E-state index is 10.9. The molecule has 0 radical (unpaired) electrons. The van der Waals surface area contributed by atoms with Crippen LogP contribution in [0.1, 0.15) is 10.6 Å². The standard InChI is InChI=1S/C11H9N3O/c12-10(15)11-13-7-6-9(14-11)8-4-2-1-3-5-8/h1-7H,(H2,12,15). The highest BCUT2D eigenvalue weighted by Crippen LogP contribution is 2.14. The van der Waals surface area contributed by atoms with E-state index in [1.165, 1.54) is 6.20 Å². The first-order valence-electron chi connectivity index (χ1n) is 4.45. The lowest BCUT2D eigenvalue weighted by molar-refractivity contribution is 0.0990. The molecule has 74 valence electrons. The van der Waals surface area contributed by atoms with Gasteiger partial charge in [0.2, 0.25) is 5.82 Å². The Bertz CT molecular complexity index is 482. The van der Waals surface area contributed by atoms with Crippen molar-refractivity contribution in [1.82, 2.24) is 9.97 Å². The highest BCUT2D eigenvalue weighted by molar-refractivity contribution is 5.89. The van der Waals surface area contributed by atoms with Crippen LogP contribution in [0, 0.1) is 0 Å². The Kier molecular flexibility index (Phi) is 2.41. The quantitative estimate of drug-likeness (QED) is 0.791. The van der Waals surface area contributed by atoms with E-state index in [9.17, 15) is 4.79 Å². The Hall–Kier alpha value is -2.23. The van der Waals surface area contributed by atoms with Crippen LogP contribution in [-0.4, -0.2) is 15.9 Å². The minimum Gasteiger partial charge on any atom is -0.363 e. The minimum absolute atomic E-state index is 0.0383. The van der Waals surface area contributed by atoms with Crippen LogP contribution in [0.25, 0.3) is 11.3 Å². The van der Waals surface area contributed by atoms with Gasteiger partial charge >= 0.3 is 0 Å². The molecule has 0 saturated carbocycles. The smallest absolute Gasteiger partial charge is 0.286 e. The summed E-state index contributed by atoms with van der Waals surface area (Å²) in [6.07, 6.45) is 1.52. The third kappa shape index (κ3) is 1.99. The molecule has 0 bridgehead atoms. The number of carbonyl (C=O) groups is 1. The van der Waals surface area contributed by atoms with Crippen LogP contribution < -0.4 is 5.73 Å². The molecule has 2 aromatic rings. The van der Waals surface area contributed by atoms with Crippen LogP contribution >= 0.6 is 0 Å². The van der Waals surface area contributed by atoms with Gasteiger partial charge in [-0.05, 0) is 6.07 Å². The van der Waals surface area contributed by atoms with Gasteiger partial charge in [0, 0.05) is 11.8 Å². The number of aromatic nitrogens is 2. The third-order valence-electron chi connectivity index (χ3n) is 1.95. The largest absolute Gasteiger partial charge is 0.363 e. The second-order valence-electron chi connectivity index (χ2n) is 3.00. The summed E-state index contributed by atoms with van der Waals surface area (Å²) in [5.41, 5.74) is 6.72. The summed E-state index contributed by atoms with van der Waals surface area (Å²) in [5, 5.41) is 0. The van der Waals surface area contributed by atoms with E-state index in [1.807, 2.05) is 30.3 Å². The third-order valence-corrected chi connectivity index (χ3v) is 1.95. The van der Waals surface area contributed by atoms with Gasteiger partial charge in [-0.25, -0.2) is 9.97 Å². The van der Waals surface area contributed by atoms with E-state index in [4.69, 9.17) is 5.73 Å². The van der Waals surface area contributed by atoms with Gasteiger partial charge in [0.25, 0.3) is 5.91 Å². The van der Waals surface area contributed by atoms with Crippen molar-refractivity contribution in [2.45, 2.75) is 0 Å². The fourth-order valence-electron chi connectivity index (χ4n) is 1.25. The lowest BCUT2D eigenvalue weighted by Gasteiger charge is -2.00. The maximum atomic E-state index is 10.9. The van der Waals surface area contributed by atoms with Crippen LogP contribution in [0.15, 0.2) is 42.6 Å². The van der Waals surface area contributed by atoms with Crippen LogP contribution in [0.3, 0.4) is 0 Å². The van der Waals surface area contributed by atoms with Crippen LogP contribution in [-0.2, 0) is 0 Å². The van der Waals surface area contributed by atoms with Crippen molar-refractivity contribution in [2.75, 3.05) is 0 Å². The molecule has 0 fully saturated rings. The number of hydrogen-bond acceptors (Lipinski definition) is 3. The van der Waals surface area contributed by atoms with Gasteiger partial charge in [0.05, 0.1) is 5.69 Å². The molecule has 1 heterocycles. The van der Waals surface area contributed by atoms with Crippen LogP contribution in [0.5, 0.6) is 0 Å². The number of amides is 1. The Balaban J connectivity index is 2.46. The molecule has 1 aromatic carbocycles. The monoisotopic (exact) mass is 199 g/mol. The molecule has 0 atom stereocenters. The molecule has 0 aliphatic heterocycles. The molecule has 1 aromatic heterocycles. The summed E-state index contributed by atoms with van der Waals surface area (Å²) < 4.78 is 0. The van der Waals surface area contributed by atoms with Crippen molar-refractivity contribution >= 4 is 5.91 Å². The fraction of sp³-hybridized carbons (Fsp3) is 0. The van der Waals surface area contributed by atoms with Gasteiger partial charge in [-0.3, -0.25) is 4.79 Å². The van der Waals surface area contributed by atoms with E-state index in [-0.39, 0.29) is 5.82 Å². The zero-order valence-corrected chi connectivity index (χ0v) is 7.92. The molecule has 4 nitrogen and oxygen atoms in total. The number of nitrogens with zero attached hydrogens (tertiary/aromatic N) is 2. The number of benzene rings is 1. The normalized spacial score (nSPS) is 9.87. The van der Waals surface area contributed by atoms with Crippen molar-refractivity contribution in [1.29, 1.82) is 0 Å². The number of nitrogens with two attached hydrogens (primary N) is 1. The van der Waals surface area contributed by atoms with Gasteiger partial charge in [-0.15, -0.1) is 0 Å². The van der Waals surface area contributed by atoms with Gasteiger partial charge in [0.15, 0.2) is 0 Å². The molecule has 15 heavy (non-hydrogen) atoms. The lowest BCUT2D eigenvalue weighted by atomic mass is 10.1. The average Bonchev–Trinajstić information content (AvgIpc) is 2.30. The van der Waals surface area contributed by atoms with Crippen LogP contribution in [0.4, 0.5) is 0 Å². The first-order valence-corrected chi connectivity index (χ1v) is 4.45. The molecule has 1 amide bonds. The number of rotatable bonds is 2. The summed E-state index contributed by atoms with van der Waals surface area (Å²) in [5.74, 6) is -0.580. The molecule has 0 aliphatic carbocycles.